The summed E-state index contributed by atoms with van der Waals surface area (Å²) < 4.78 is 0. The SMILES string of the molecule is Cc1cc(C)c(C(N)CCCO)c(C)c1. The Kier molecular flexibility index (Phi) is 4.30. The maximum absolute atomic E-state index is 8.79. The molecule has 1 aromatic rings. The molecule has 0 aromatic heterocycles. The number of aliphatic hydroxyl groups excluding tert-OH is 1. The van der Waals surface area contributed by atoms with Crippen LogP contribution < -0.4 is 5.73 Å². The summed E-state index contributed by atoms with van der Waals surface area (Å²) in [6.07, 6.45) is 1.62. The Labute approximate surface area is 92.1 Å². The van der Waals surface area contributed by atoms with Crippen LogP contribution in [0.1, 0.15) is 41.1 Å². The number of nitrogens with two attached hydrogens (primary N) is 1. The number of rotatable bonds is 4. The minimum absolute atomic E-state index is 0.0535. The lowest BCUT2D eigenvalue weighted by atomic mass is 9.92. The van der Waals surface area contributed by atoms with E-state index in [1.54, 1.807) is 0 Å². The van der Waals surface area contributed by atoms with E-state index < -0.39 is 0 Å². The average molecular weight is 207 g/mol. The molecular weight excluding hydrogens is 186 g/mol. The van der Waals surface area contributed by atoms with Crippen LogP contribution in [0.5, 0.6) is 0 Å². The van der Waals surface area contributed by atoms with E-state index >= 15 is 0 Å². The normalized spacial score (nSPS) is 12.9. The van der Waals surface area contributed by atoms with Crippen molar-refractivity contribution in [1.29, 1.82) is 0 Å². The van der Waals surface area contributed by atoms with Gasteiger partial charge < -0.3 is 10.8 Å². The van der Waals surface area contributed by atoms with Gasteiger partial charge in [-0.1, -0.05) is 17.7 Å². The van der Waals surface area contributed by atoms with Crippen molar-refractivity contribution in [2.45, 2.75) is 39.7 Å². The highest BCUT2D eigenvalue weighted by atomic mass is 16.2. The third-order valence-electron chi connectivity index (χ3n) is 2.78. The molecule has 15 heavy (non-hydrogen) atoms. The summed E-state index contributed by atoms with van der Waals surface area (Å²) in [7, 11) is 0. The van der Waals surface area contributed by atoms with Crippen LogP contribution in [0.15, 0.2) is 12.1 Å². The number of hydrogen-bond donors (Lipinski definition) is 2. The second kappa shape index (κ2) is 5.29. The molecule has 1 aromatic carbocycles. The fourth-order valence-corrected chi connectivity index (χ4v) is 2.23. The van der Waals surface area contributed by atoms with E-state index in [1.165, 1.54) is 22.3 Å². The van der Waals surface area contributed by atoms with Crippen LogP contribution >= 0.6 is 0 Å². The lowest BCUT2D eigenvalue weighted by Crippen LogP contribution is -2.14. The molecule has 0 saturated carbocycles. The van der Waals surface area contributed by atoms with Crippen molar-refractivity contribution < 1.29 is 5.11 Å². The third-order valence-corrected chi connectivity index (χ3v) is 2.78. The van der Waals surface area contributed by atoms with E-state index in [9.17, 15) is 0 Å². The van der Waals surface area contributed by atoms with Crippen molar-refractivity contribution in [1.82, 2.24) is 0 Å². The van der Waals surface area contributed by atoms with Gasteiger partial charge in [0.1, 0.15) is 0 Å². The maximum atomic E-state index is 8.79. The first kappa shape index (κ1) is 12.2. The number of aryl methyl sites for hydroxylation is 3. The number of benzene rings is 1. The van der Waals surface area contributed by atoms with Crippen LogP contribution in [-0.2, 0) is 0 Å². The highest BCUT2D eigenvalue weighted by Crippen LogP contribution is 2.24. The van der Waals surface area contributed by atoms with Gasteiger partial charge in [0.25, 0.3) is 0 Å². The van der Waals surface area contributed by atoms with Crippen LogP contribution in [0, 0.1) is 20.8 Å². The Hall–Kier alpha value is -0.860. The van der Waals surface area contributed by atoms with Crippen LogP contribution in [0.25, 0.3) is 0 Å². The zero-order valence-corrected chi connectivity index (χ0v) is 9.88. The molecule has 0 radical (unpaired) electrons. The fourth-order valence-electron chi connectivity index (χ4n) is 2.23. The molecule has 0 aliphatic carbocycles. The standard InChI is InChI=1S/C13H21NO/c1-9-7-10(2)13(11(3)8-9)12(14)5-4-6-15/h7-8,12,15H,4-6,14H2,1-3H3. The fraction of sp³-hybridized carbons (Fsp3) is 0.538. The van der Waals surface area contributed by atoms with Gasteiger partial charge in [-0.3, -0.25) is 0 Å². The van der Waals surface area contributed by atoms with Gasteiger partial charge in [-0.25, -0.2) is 0 Å². The first-order valence-electron chi connectivity index (χ1n) is 5.50. The summed E-state index contributed by atoms with van der Waals surface area (Å²) in [5.74, 6) is 0. The minimum atomic E-state index is 0.0535. The average Bonchev–Trinajstić information content (AvgIpc) is 2.12. The van der Waals surface area contributed by atoms with Gasteiger partial charge in [-0.05, 0) is 50.3 Å². The van der Waals surface area contributed by atoms with Crippen molar-refractivity contribution in [3.63, 3.8) is 0 Å². The molecule has 0 spiro atoms. The Morgan fingerprint density at radius 1 is 1.20 bits per heavy atom. The van der Waals surface area contributed by atoms with Gasteiger partial charge >= 0.3 is 0 Å². The van der Waals surface area contributed by atoms with E-state index in [0.717, 1.165) is 12.8 Å². The molecule has 1 rings (SSSR count). The Bertz CT molecular complexity index is 310. The topological polar surface area (TPSA) is 46.2 Å². The lowest BCUT2D eigenvalue weighted by molar-refractivity contribution is 0.280. The molecule has 0 bridgehead atoms. The first-order valence-corrected chi connectivity index (χ1v) is 5.50. The van der Waals surface area contributed by atoms with Crippen molar-refractivity contribution in [2.75, 3.05) is 6.61 Å². The summed E-state index contributed by atoms with van der Waals surface area (Å²) in [4.78, 5) is 0. The number of hydrogen-bond acceptors (Lipinski definition) is 2. The molecule has 0 heterocycles. The molecule has 84 valence electrons. The van der Waals surface area contributed by atoms with E-state index in [2.05, 4.69) is 32.9 Å². The molecular formula is C13H21NO. The van der Waals surface area contributed by atoms with Gasteiger partial charge in [0.15, 0.2) is 0 Å². The predicted octanol–water partition coefficient (Wildman–Crippen LogP) is 2.38. The highest BCUT2D eigenvalue weighted by molar-refractivity contribution is 5.39. The predicted molar refractivity (Wildman–Crippen MR) is 63.9 cm³/mol. The van der Waals surface area contributed by atoms with Gasteiger partial charge in [-0.15, -0.1) is 0 Å². The summed E-state index contributed by atoms with van der Waals surface area (Å²) in [5, 5.41) is 8.79. The van der Waals surface area contributed by atoms with Crippen LogP contribution in [0.3, 0.4) is 0 Å². The second-order valence-electron chi connectivity index (χ2n) is 4.28. The number of aliphatic hydroxyl groups is 1. The monoisotopic (exact) mass is 207 g/mol. The molecule has 1 atom stereocenters. The van der Waals surface area contributed by atoms with Gasteiger partial charge in [0.2, 0.25) is 0 Å². The summed E-state index contributed by atoms with van der Waals surface area (Å²) >= 11 is 0. The largest absolute Gasteiger partial charge is 0.396 e. The zero-order chi connectivity index (χ0) is 11.4. The third kappa shape index (κ3) is 3.05. The van der Waals surface area contributed by atoms with Crippen LogP contribution in [-0.4, -0.2) is 11.7 Å². The van der Waals surface area contributed by atoms with Crippen LogP contribution in [0.2, 0.25) is 0 Å². The van der Waals surface area contributed by atoms with E-state index in [-0.39, 0.29) is 12.6 Å². The molecule has 1 unspecified atom stereocenters. The molecule has 0 saturated heterocycles. The minimum Gasteiger partial charge on any atom is -0.396 e. The first-order chi connectivity index (χ1) is 7.06. The summed E-state index contributed by atoms with van der Waals surface area (Å²) in [6, 6.07) is 4.39. The van der Waals surface area contributed by atoms with Crippen molar-refractivity contribution in [3.8, 4) is 0 Å². The van der Waals surface area contributed by atoms with Gasteiger partial charge in [0.05, 0.1) is 0 Å². The van der Waals surface area contributed by atoms with E-state index in [4.69, 9.17) is 10.8 Å². The van der Waals surface area contributed by atoms with Crippen molar-refractivity contribution >= 4 is 0 Å². The molecule has 0 amide bonds. The Balaban J connectivity index is 2.92. The Morgan fingerprint density at radius 2 is 1.73 bits per heavy atom. The zero-order valence-electron chi connectivity index (χ0n) is 9.88. The second-order valence-corrected chi connectivity index (χ2v) is 4.28. The van der Waals surface area contributed by atoms with E-state index in [1.807, 2.05) is 0 Å². The van der Waals surface area contributed by atoms with Crippen molar-refractivity contribution in [3.05, 3.63) is 34.4 Å². The molecule has 3 N–H and O–H groups in total. The van der Waals surface area contributed by atoms with Crippen LogP contribution in [0.4, 0.5) is 0 Å². The lowest BCUT2D eigenvalue weighted by Gasteiger charge is -2.18. The molecule has 0 aliphatic rings. The molecule has 0 aliphatic heterocycles. The molecule has 2 nitrogen and oxygen atoms in total. The molecule has 2 heteroatoms. The smallest absolute Gasteiger partial charge is 0.0431 e. The van der Waals surface area contributed by atoms with Gasteiger partial charge in [0, 0.05) is 12.6 Å². The highest BCUT2D eigenvalue weighted by Gasteiger charge is 2.11. The van der Waals surface area contributed by atoms with Gasteiger partial charge in [-0.2, -0.15) is 0 Å². The van der Waals surface area contributed by atoms with E-state index in [0.29, 0.717) is 0 Å². The maximum Gasteiger partial charge on any atom is 0.0431 e. The summed E-state index contributed by atoms with van der Waals surface area (Å²) in [6.45, 7) is 6.53. The molecule has 0 fully saturated rings. The van der Waals surface area contributed by atoms with Crippen molar-refractivity contribution in [2.24, 2.45) is 5.73 Å². The quantitative estimate of drug-likeness (QED) is 0.796. The Morgan fingerprint density at radius 3 is 2.20 bits per heavy atom. The summed E-state index contributed by atoms with van der Waals surface area (Å²) in [5.41, 5.74) is 11.2.